The van der Waals surface area contributed by atoms with E-state index < -0.39 is 0 Å². The van der Waals surface area contributed by atoms with E-state index in [1.54, 1.807) is 0 Å². The van der Waals surface area contributed by atoms with E-state index in [0.717, 1.165) is 25.7 Å². The van der Waals surface area contributed by atoms with Crippen molar-refractivity contribution in [3.63, 3.8) is 0 Å². The van der Waals surface area contributed by atoms with Gasteiger partial charge in [0.15, 0.2) is 0 Å². The summed E-state index contributed by atoms with van der Waals surface area (Å²) in [6.45, 7) is 6.74. The van der Waals surface area contributed by atoms with Crippen LogP contribution < -0.4 is 5.32 Å². The van der Waals surface area contributed by atoms with Gasteiger partial charge in [-0.05, 0) is 31.1 Å². The van der Waals surface area contributed by atoms with Crippen LogP contribution in [0.25, 0.3) is 0 Å². The molecule has 3 nitrogen and oxygen atoms in total. The third kappa shape index (κ3) is 4.66. The Morgan fingerprint density at radius 2 is 2.24 bits per heavy atom. The maximum absolute atomic E-state index is 11.7. The molecule has 1 fully saturated rings. The summed E-state index contributed by atoms with van der Waals surface area (Å²) in [5, 5.41) is 3.48. The number of rotatable bonds is 6. The van der Waals surface area contributed by atoms with Gasteiger partial charge in [0.25, 0.3) is 0 Å². The molecular formula is C14H27NO2. The molecule has 0 bridgehead atoms. The molecular weight excluding hydrogens is 214 g/mol. The Morgan fingerprint density at radius 3 is 2.71 bits per heavy atom. The fourth-order valence-corrected chi connectivity index (χ4v) is 2.68. The minimum Gasteiger partial charge on any atom is -0.468 e. The number of hydrogen-bond donors (Lipinski definition) is 1. The molecule has 0 aliphatic heterocycles. The van der Waals surface area contributed by atoms with E-state index >= 15 is 0 Å². The SMILES string of the molecule is CCCCC(NC1CCC(C)(C)C1)C(=O)OC. The first-order valence-corrected chi connectivity index (χ1v) is 6.82. The second-order valence-corrected chi connectivity index (χ2v) is 5.99. The van der Waals surface area contributed by atoms with Crippen molar-refractivity contribution >= 4 is 5.97 Å². The van der Waals surface area contributed by atoms with Crippen molar-refractivity contribution in [1.29, 1.82) is 0 Å². The molecule has 0 aromatic heterocycles. The smallest absolute Gasteiger partial charge is 0.322 e. The van der Waals surface area contributed by atoms with E-state index in [-0.39, 0.29) is 12.0 Å². The molecule has 1 saturated carbocycles. The summed E-state index contributed by atoms with van der Waals surface area (Å²) in [6, 6.07) is 0.366. The Morgan fingerprint density at radius 1 is 1.53 bits per heavy atom. The van der Waals surface area contributed by atoms with Crippen LogP contribution in [0.3, 0.4) is 0 Å². The van der Waals surface area contributed by atoms with Crippen molar-refractivity contribution < 1.29 is 9.53 Å². The Bertz CT molecular complexity index is 251. The largest absolute Gasteiger partial charge is 0.468 e. The van der Waals surface area contributed by atoms with E-state index in [2.05, 4.69) is 26.1 Å². The quantitative estimate of drug-likeness (QED) is 0.727. The van der Waals surface area contributed by atoms with E-state index in [1.165, 1.54) is 20.0 Å². The summed E-state index contributed by atoms with van der Waals surface area (Å²) in [4.78, 5) is 11.7. The summed E-state index contributed by atoms with van der Waals surface area (Å²) in [5.41, 5.74) is 0.420. The molecule has 2 unspecified atom stereocenters. The van der Waals surface area contributed by atoms with Crippen LogP contribution in [0.15, 0.2) is 0 Å². The van der Waals surface area contributed by atoms with E-state index in [9.17, 15) is 4.79 Å². The molecule has 1 rings (SSSR count). The number of carbonyl (C=O) groups excluding carboxylic acids is 1. The summed E-state index contributed by atoms with van der Waals surface area (Å²) >= 11 is 0. The number of methoxy groups -OCH3 is 1. The molecule has 2 atom stereocenters. The summed E-state index contributed by atoms with van der Waals surface area (Å²) in [7, 11) is 1.47. The van der Waals surface area contributed by atoms with Crippen molar-refractivity contribution in [1.82, 2.24) is 5.32 Å². The Labute approximate surface area is 105 Å². The zero-order chi connectivity index (χ0) is 12.9. The van der Waals surface area contributed by atoms with Gasteiger partial charge >= 0.3 is 5.97 Å². The summed E-state index contributed by atoms with van der Waals surface area (Å²) in [6.07, 6.45) is 6.65. The van der Waals surface area contributed by atoms with Crippen LogP contribution in [0.1, 0.15) is 59.3 Å². The number of carbonyl (C=O) groups is 1. The minimum absolute atomic E-state index is 0.108. The molecule has 0 aromatic carbocycles. The van der Waals surface area contributed by atoms with Crippen LogP contribution >= 0.6 is 0 Å². The van der Waals surface area contributed by atoms with Gasteiger partial charge in [0.05, 0.1) is 7.11 Å². The standard InChI is InChI=1S/C14H27NO2/c1-5-6-7-12(13(16)17-4)15-11-8-9-14(2,3)10-11/h11-12,15H,5-10H2,1-4H3. The molecule has 0 amide bonds. The highest BCUT2D eigenvalue weighted by Crippen LogP contribution is 2.37. The number of nitrogens with one attached hydrogen (secondary N) is 1. The number of hydrogen-bond acceptors (Lipinski definition) is 3. The van der Waals surface area contributed by atoms with Crippen molar-refractivity contribution in [3.05, 3.63) is 0 Å². The fourth-order valence-electron chi connectivity index (χ4n) is 2.68. The minimum atomic E-state index is -0.112. The molecule has 0 aromatic rings. The van der Waals surface area contributed by atoms with Crippen molar-refractivity contribution in [2.24, 2.45) is 5.41 Å². The Hall–Kier alpha value is -0.570. The zero-order valence-electron chi connectivity index (χ0n) is 11.7. The molecule has 0 spiro atoms. The first kappa shape index (κ1) is 14.5. The lowest BCUT2D eigenvalue weighted by Gasteiger charge is -2.22. The van der Waals surface area contributed by atoms with Gasteiger partial charge in [-0.1, -0.05) is 33.6 Å². The van der Waals surface area contributed by atoms with Gasteiger partial charge in [-0.25, -0.2) is 0 Å². The van der Waals surface area contributed by atoms with Crippen molar-refractivity contribution in [3.8, 4) is 0 Å². The van der Waals surface area contributed by atoms with Crippen LogP contribution in [0.4, 0.5) is 0 Å². The van der Waals surface area contributed by atoms with Crippen LogP contribution in [-0.2, 0) is 9.53 Å². The maximum Gasteiger partial charge on any atom is 0.322 e. The summed E-state index contributed by atoms with van der Waals surface area (Å²) < 4.78 is 4.87. The van der Waals surface area contributed by atoms with E-state index in [1.807, 2.05) is 0 Å². The van der Waals surface area contributed by atoms with Gasteiger partial charge in [0.1, 0.15) is 6.04 Å². The predicted octanol–water partition coefficient (Wildman–Crippen LogP) is 2.89. The Balaban J connectivity index is 2.46. The normalized spacial score (nSPS) is 24.6. The number of esters is 1. The highest BCUT2D eigenvalue weighted by atomic mass is 16.5. The molecule has 1 aliphatic rings. The third-order valence-electron chi connectivity index (χ3n) is 3.74. The Kier molecular flexibility index (Phi) is 5.44. The maximum atomic E-state index is 11.7. The molecule has 100 valence electrons. The highest BCUT2D eigenvalue weighted by molar-refractivity contribution is 5.75. The van der Waals surface area contributed by atoms with Gasteiger partial charge in [-0.3, -0.25) is 4.79 Å². The number of ether oxygens (including phenoxy) is 1. The molecule has 1 aliphatic carbocycles. The molecule has 0 heterocycles. The van der Waals surface area contributed by atoms with Crippen molar-refractivity contribution in [2.45, 2.75) is 71.4 Å². The van der Waals surface area contributed by atoms with Crippen LogP contribution in [0, 0.1) is 5.41 Å². The number of unbranched alkanes of at least 4 members (excludes halogenated alkanes) is 1. The van der Waals surface area contributed by atoms with Gasteiger partial charge < -0.3 is 10.1 Å². The molecule has 0 saturated heterocycles. The third-order valence-corrected chi connectivity index (χ3v) is 3.74. The van der Waals surface area contributed by atoms with Crippen LogP contribution in [-0.4, -0.2) is 25.2 Å². The summed E-state index contributed by atoms with van der Waals surface area (Å²) in [5.74, 6) is -0.108. The van der Waals surface area contributed by atoms with Gasteiger partial charge in [0.2, 0.25) is 0 Å². The highest BCUT2D eigenvalue weighted by Gasteiger charge is 2.33. The second kappa shape index (κ2) is 6.39. The molecule has 3 heteroatoms. The first-order valence-electron chi connectivity index (χ1n) is 6.82. The van der Waals surface area contributed by atoms with E-state index in [0.29, 0.717) is 11.5 Å². The second-order valence-electron chi connectivity index (χ2n) is 5.99. The zero-order valence-corrected chi connectivity index (χ0v) is 11.7. The molecule has 17 heavy (non-hydrogen) atoms. The monoisotopic (exact) mass is 241 g/mol. The molecule has 0 radical (unpaired) electrons. The molecule has 1 N–H and O–H groups in total. The van der Waals surface area contributed by atoms with Crippen LogP contribution in [0.5, 0.6) is 0 Å². The lowest BCUT2D eigenvalue weighted by Crippen LogP contribution is -2.43. The topological polar surface area (TPSA) is 38.3 Å². The van der Waals surface area contributed by atoms with Gasteiger partial charge in [-0.15, -0.1) is 0 Å². The van der Waals surface area contributed by atoms with Gasteiger partial charge in [-0.2, -0.15) is 0 Å². The fraction of sp³-hybridized carbons (Fsp3) is 0.929. The average molecular weight is 241 g/mol. The predicted molar refractivity (Wildman–Crippen MR) is 69.9 cm³/mol. The van der Waals surface area contributed by atoms with E-state index in [4.69, 9.17) is 4.74 Å². The lowest BCUT2D eigenvalue weighted by molar-refractivity contribution is -0.143. The van der Waals surface area contributed by atoms with Crippen LogP contribution in [0.2, 0.25) is 0 Å². The average Bonchev–Trinajstić information content (AvgIpc) is 2.63. The first-order chi connectivity index (χ1) is 7.98. The van der Waals surface area contributed by atoms with Crippen molar-refractivity contribution in [2.75, 3.05) is 7.11 Å². The van der Waals surface area contributed by atoms with Gasteiger partial charge in [0, 0.05) is 6.04 Å². The lowest BCUT2D eigenvalue weighted by atomic mass is 9.91.